The van der Waals surface area contributed by atoms with Crippen LogP contribution >= 0.6 is 0 Å². The molecular formula is C47H36O15. The van der Waals surface area contributed by atoms with Crippen molar-refractivity contribution >= 4 is 36.4 Å². The van der Waals surface area contributed by atoms with E-state index in [9.17, 15) is 28.8 Å². The first kappa shape index (κ1) is 43.1. The molecule has 6 aromatic rings. The van der Waals surface area contributed by atoms with Gasteiger partial charge in [-0.25, -0.2) is 43.7 Å². The van der Waals surface area contributed by atoms with Gasteiger partial charge < -0.3 is 14.2 Å². The zero-order chi connectivity index (χ0) is 43.7. The normalized spacial score (nSPS) is 10.6. The minimum Gasteiger partial charge on any atom is -0.431 e. The summed E-state index contributed by atoms with van der Waals surface area (Å²) in [5, 5.41) is 0. The van der Waals surface area contributed by atoms with Crippen LogP contribution in [-0.2, 0) is 43.5 Å². The van der Waals surface area contributed by atoms with E-state index in [1.54, 1.807) is 36.4 Å². The van der Waals surface area contributed by atoms with Crippen LogP contribution in [0.3, 0.4) is 0 Å². The first-order chi connectivity index (χ1) is 30.0. The molecule has 0 heterocycles. The number of hydrogen-bond acceptors (Lipinski definition) is 15. The van der Waals surface area contributed by atoms with E-state index in [-0.39, 0.29) is 16.7 Å². The van der Waals surface area contributed by atoms with Crippen LogP contribution in [-0.4, -0.2) is 56.2 Å². The van der Waals surface area contributed by atoms with E-state index in [4.69, 9.17) is 14.2 Å². The molecule has 0 unspecified atom stereocenters. The van der Waals surface area contributed by atoms with E-state index < -0.39 is 61.6 Å². The van der Waals surface area contributed by atoms with E-state index in [1.807, 2.05) is 91.0 Å². The molecule has 6 aromatic carbocycles. The van der Waals surface area contributed by atoms with Crippen LogP contribution in [0.5, 0.6) is 0 Å². The largest absolute Gasteiger partial charge is 0.549 e. The molecule has 0 bridgehead atoms. The number of hydrogen-bond donors (Lipinski definition) is 0. The molecule has 0 fully saturated rings. The molecule has 0 N–H and O–H groups in total. The standard InChI is InChI=1S/C47H36O15/c1-47(29-54-44(51)60-57-41(48)38-23-11-20-35(26-38)32-14-5-2-6-15-32,30-55-45(52)61-58-42(49)39-24-12-21-36(27-39)33-16-7-3-8-17-33)31-56-46(53)62-59-43(50)40-25-13-22-37(28-40)34-18-9-4-10-19-34/h2-28H,29-31H2,1H3. The first-order valence-corrected chi connectivity index (χ1v) is 18.7. The Morgan fingerprint density at radius 3 is 0.871 bits per heavy atom. The maximum absolute atomic E-state index is 12.7. The maximum atomic E-state index is 12.7. The van der Waals surface area contributed by atoms with Gasteiger partial charge in [0.1, 0.15) is 19.8 Å². The number of carbonyl (C=O) groups is 6. The van der Waals surface area contributed by atoms with Crippen LogP contribution in [0.4, 0.5) is 14.4 Å². The predicted molar refractivity (Wildman–Crippen MR) is 217 cm³/mol. The molecule has 0 spiro atoms. The summed E-state index contributed by atoms with van der Waals surface area (Å²) in [6, 6.07) is 46.8. The van der Waals surface area contributed by atoms with Gasteiger partial charge in [0.25, 0.3) is 0 Å². The maximum Gasteiger partial charge on any atom is 0.549 e. The van der Waals surface area contributed by atoms with Gasteiger partial charge in [-0.1, -0.05) is 127 Å². The monoisotopic (exact) mass is 840 g/mol. The molecular weight excluding hydrogens is 805 g/mol. The molecule has 0 saturated carbocycles. The van der Waals surface area contributed by atoms with Gasteiger partial charge in [-0.15, -0.1) is 0 Å². The Morgan fingerprint density at radius 1 is 0.339 bits per heavy atom. The van der Waals surface area contributed by atoms with E-state index >= 15 is 0 Å². The van der Waals surface area contributed by atoms with Crippen molar-refractivity contribution < 1.29 is 72.3 Å². The Labute approximate surface area is 354 Å². The highest BCUT2D eigenvalue weighted by Crippen LogP contribution is 2.24. The predicted octanol–water partition coefficient (Wildman–Crippen LogP) is 9.77. The zero-order valence-corrected chi connectivity index (χ0v) is 32.8. The third-order valence-corrected chi connectivity index (χ3v) is 8.79. The molecule has 0 radical (unpaired) electrons. The quantitative estimate of drug-likeness (QED) is 0.0490. The third-order valence-electron chi connectivity index (χ3n) is 8.79. The molecule has 0 saturated heterocycles. The number of ether oxygens (including phenoxy) is 3. The molecule has 0 aliphatic heterocycles. The minimum atomic E-state index is -1.60. The molecule has 0 aliphatic carbocycles. The van der Waals surface area contributed by atoms with Gasteiger partial charge in [-0.05, 0) is 76.7 Å². The lowest BCUT2D eigenvalue weighted by atomic mass is 9.94. The lowest BCUT2D eigenvalue weighted by Gasteiger charge is -2.26. The molecule has 0 atom stereocenters. The van der Waals surface area contributed by atoms with Crippen molar-refractivity contribution in [2.75, 3.05) is 19.8 Å². The van der Waals surface area contributed by atoms with Crippen molar-refractivity contribution in [2.24, 2.45) is 5.41 Å². The highest BCUT2D eigenvalue weighted by Gasteiger charge is 2.33. The second-order valence-corrected chi connectivity index (χ2v) is 13.6. The number of benzene rings is 6. The Kier molecular flexibility index (Phi) is 14.6. The molecule has 0 amide bonds. The van der Waals surface area contributed by atoms with Crippen LogP contribution in [0.2, 0.25) is 0 Å². The Morgan fingerprint density at radius 2 is 0.597 bits per heavy atom. The van der Waals surface area contributed by atoms with Crippen molar-refractivity contribution in [1.82, 2.24) is 0 Å². The first-order valence-electron chi connectivity index (χ1n) is 18.7. The van der Waals surface area contributed by atoms with E-state index in [2.05, 4.69) is 29.3 Å². The highest BCUT2D eigenvalue weighted by atomic mass is 17.2. The van der Waals surface area contributed by atoms with Gasteiger partial charge in [-0.3, -0.25) is 0 Å². The van der Waals surface area contributed by atoms with Gasteiger partial charge in [0.15, 0.2) is 0 Å². The molecule has 15 nitrogen and oxygen atoms in total. The average Bonchev–Trinajstić information content (AvgIpc) is 3.33. The van der Waals surface area contributed by atoms with Crippen molar-refractivity contribution in [3.05, 3.63) is 180 Å². The van der Waals surface area contributed by atoms with E-state index in [0.717, 1.165) is 16.7 Å². The van der Waals surface area contributed by atoms with Crippen LogP contribution in [0.1, 0.15) is 38.0 Å². The van der Waals surface area contributed by atoms with Gasteiger partial charge in [0.2, 0.25) is 0 Å². The average molecular weight is 841 g/mol. The Balaban J connectivity index is 1.03. The van der Waals surface area contributed by atoms with Crippen molar-refractivity contribution in [3.8, 4) is 33.4 Å². The zero-order valence-electron chi connectivity index (χ0n) is 32.8. The minimum absolute atomic E-state index is 0.0667. The van der Waals surface area contributed by atoms with Crippen LogP contribution in [0, 0.1) is 5.41 Å². The number of carbonyl (C=O) groups excluding carboxylic acids is 6. The van der Waals surface area contributed by atoms with Crippen LogP contribution in [0.25, 0.3) is 33.4 Å². The topological polar surface area (TPSA) is 185 Å². The summed E-state index contributed by atoms with van der Waals surface area (Å²) in [6.07, 6.45) is -4.48. The lowest BCUT2D eigenvalue weighted by Crippen LogP contribution is -2.37. The highest BCUT2D eigenvalue weighted by molar-refractivity contribution is 5.92. The van der Waals surface area contributed by atoms with E-state index in [1.165, 1.54) is 43.3 Å². The fraction of sp³-hybridized carbons (Fsp3) is 0.106. The molecule has 0 aliphatic rings. The SMILES string of the molecule is CC(COC(=O)OOC(=O)c1cccc(-c2ccccc2)c1)(COC(=O)OOC(=O)c1cccc(-c2ccccc2)c1)COC(=O)OOC(=O)c1cccc(-c2ccccc2)c1. The fourth-order valence-electron chi connectivity index (χ4n) is 5.63. The summed E-state index contributed by atoms with van der Waals surface area (Å²) in [5.41, 5.74) is 3.20. The van der Waals surface area contributed by atoms with Crippen molar-refractivity contribution in [3.63, 3.8) is 0 Å². The summed E-state index contributed by atoms with van der Waals surface area (Å²) < 4.78 is 15.3. The Hall–Kier alpha value is -8.46. The lowest BCUT2D eigenvalue weighted by molar-refractivity contribution is -0.216. The van der Waals surface area contributed by atoms with Gasteiger partial charge in [-0.2, -0.15) is 14.4 Å². The molecule has 0 aromatic heterocycles. The van der Waals surface area contributed by atoms with Crippen LogP contribution in [0.15, 0.2) is 164 Å². The second kappa shape index (κ2) is 21.0. The fourth-order valence-corrected chi connectivity index (χ4v) is 5.63. The van der Waals surface area contributed by atoms with Gasteiger partial charge in [0.05, 0.1) is 22.1 Å². The van der Waals surface area contributed by atoms with Crippen LogP contribution < -0.4 is 0 Å². The van der Waals surface area contributed by atoms with Crippen molar-refractivity contribution in [2.45, 2.75) is 6.92 Å². The molecule has 6 rings (SSSR count). The summed E-state index contributed by atoms with van der Waals surface area (Å²) >= 11 is 0. The second-order valence-electron chi connectivity index (χ2n) is 13.6. The summed E-state index contributed by atoms with van der Waals surface area (Å²) in [7, 11) is 0. The number of rotatable bonds is 12. The molecule has 15 heteroatoms. The van der Waals surface area contributed by atoms with Crippen molar-refractivity contribution in [1.29, 1.82) is 0 Å². The Bertz CT molecular complexity index is 2230. The van der Waals surface area contributed by atoms with E-state index in [0.29, 0.717) is 16.7 Å². The van der Waals surface area contributed by atoms with Gasteiger partial charge in [0, 0.05) is 0 Å². The molecule has 62 heavy (non-hydrogen) atoms. The summed E-state index contributed by atoms with van der Waals surface area (Å²) in [6.45, 7) is -0.771. The third kappa shape index (κ3) is 12.5. The smallest absolute Gasteiger partial charge is 0.431 e. The summed E-state index contributed by atoms with van der Waals surface area (Å²) in [4.78, 5) is 103. The summed E-state index contributed by atoms with van der Waals surface area (Å²) in [5.74, 6) is -3.04. The molecule has 314 valence electrons. The van der Waals surface area contributed by atoms with Gasteiger partial charge >= 0.3 is 36.4 Å².